The van der Waals surface area contributed by atoms with Gasteiger partial charge in [-0.05, 0) is 25.3 Å². The monoisotopic (exact) mass is 206 g/mol. The number of hydrogen-bond donors (Lipinski definition) is 0. The number of benzene rings is 1. The summed E-state index contributed by atoms with van der Waals surface area (Å²) < 4.78 is 10.9. The van der Waals surface area contributed by atoms with E-state index in [4.69, 9.17) is 9.47 Å². The third-order valence-electron chi connectivity index (χ3n) is 2.73. The predicted octanol–water partition coefficient (Wildman–Crippen LogP) is 2.77. The Morgan fingerprint density at radius 2 is 2.00 bits per heavy atom. The van der Waals surface area contributed by atoms with Gasteiger partial charge < -0.3 is 9.47 Å². The Bertz CT molecular complexity index is 284. The van der Waals surface area contributed by atoms with Gasteiger partial charge in [0.15, 0.2) is 0 Å². The van der Waals surface area contributed by atoms with E-state index in [9.17, 15) is 0 Å². The minimum Gasteiger partial charge on any atom is -0.377 e. The zero-order valence-corrected chi connectivity index (χ0v) is 9.19. The molecule has 1 aromatic rings. The molecule has 0 bridgehead atoms. The van der Waals surface area contributed by atoms with Gasteiger partial charge in [-0.25, -0.2) is 0 Å². The van der Waals surface area contributed by atoms with Crippen molar-refractivity contribution in [3.05, 3.63) is 35.9 Å². The van der Waals surface area contributed by atoms with Gasteiger partial charge in [0.25, 0.3) is 0 Å². The normalized spacial score (nSPS) is 24.1. The van der Waals surface area contributed by atoms with Gasteiger partial charge in [0, 0.05) is 6.61 Å². The molecule has 82 valence electrons. The number of hydrogen-bond acceptors (Lipinski definition) is 2. The van der Waals surface area contributed by atoms with E-state index >= 15 is 0 Å². The Kier molecular flexibility index (Phi) is 3.75. The van der Waals surface area contributed by atoms with E-state index in [1.54, 1.807) is 0 Å². The van der Waals surface area contributed by atoms with Crippen LogP contribution in [0.2, 0.25) is 0 Å². The van der Waals surface area contributed by atoms with Gasteiger partial charge in [-0.1, -0.05) is 30.3 Å². The summed E-state index contributed by atoms with van der Waals surface area (Å²) in [6, 6.07) is 10.3. The SMILES string of the molecule is CC1OC1CCCOCc1ccccc1. The summed E-state index contributed by atoms with van der Waals surface area (Å²) in [5.74, 6) is 0. The van der Waals surface area contributed by atoms with Crippen molar-refractivity contribution >= 4 is 0 Å². The Morgan fingerprint density at radius 3 is 2.67 bits per heavy atom. The van der Waals surface area contributed by atoms with Crippen LogP contribution in [0.4, 0.5) is 0 Å². The molecule has 2 heteroatoms. The van der Waals surface area contributed by atoms with E-state index in [1.165, 1.54) is 5.56 Å². The lowest BCUT2D eigenvalue weighted by atomic mass is 10.2. The van der Waals surface area contributed by atoms with Crippen molar-refractivity contribution in [1.29, 1.82) is 0 Å². The molecule has 2 unspecified atom stereocenters. The van der Waals surface area contributed by atoms with Gasteiger partial charge in [0.1, 0.15) is 0 Å². The van der Waals surface area contributed by atoms with Crippen LogP contribution in [0.3, 0.4) is 0 Å². The quantitative estimate of drug-likeness (QED) is 0.527. The molecule has 0 aliphatic carbocycles. The number of ether oxygens (including phenoxy) is 2. The van der Waals surface area contributed by atoms with Crippen molar-refractivity contribution in [2.45, 2.75) is 38.6 Å². The predicted molar refractivity (Wildman–Crippen MR) is 59.7 cm³/mol. The van der Waals surface area contributed by atoms with Crippen LogP contribution in [0, 0.1) is 0 Å². The first kappa shape index (κ1) is 10.7. The van der Waals surface area contributed by atoms with Crippen molar-refractivity contribution in [2.75, 3.05) is 6.61 Å². The lowest BCUT2D eigenvalue weighted by Gasteiger charge is -2.03. The van der Waals surface area contributed by atoms with E-state index in [-0.39, 0.29) is 0 Å². The molecule has 1 aliphatic rings. The van der Waals surface area contributed by atoms with Crippen LogP contribution in [-0.4, -0.2) is 18.8 Å². The van der Waals surface area contributed by atoms with Crippen molar-refractivity contribution in [2.24, 2.45) is 0 Å². The molecule has 2 atom stereocenters. The average molecular weight is 206 g/mol. The maximum atomic E-state index is 5.58. The first-order chi connectivity index (χ1) is 7.36. The summed E-state index contributed by atoms with van der Waals surface area (Å²) in [5.41, 5.74) is 1.24. The number of epoxide rings is 1. The van der Waals surface area contributed by atoms with Gasteiger partial charge in [-0.3, -0.25) is 0 Å². The highest BCUT2D eigenvalue weighted by molar-refractivity contribution is 5.13. The first-order valence-corrected chi connectivity index (χ1v) is 5.63. The maximum absolute atomic E-state index is 5.58. The van der Waals surface area contributed by atoms with E-state index in [2.05, 4.69) is 19.1 Å². The minimum atomic E-state index is 0.485. The van der Waals surface area contributed by atoms with E-state index in [0.717, 1.165) is 26.1 Å². The van der Waals surface area contributed by atoms with Crippen LogP contribution in [0.5, 0.6) is 0 Å². The van der Waals surface area contributed by atoms with Gasteiger partial charge in [0.05, 0.1) is 18.8 Å². The van der Waals surface area contributed by atoms with Crippen LogP contribution in [0.25, 0.3) is 0 Å². The molecule has 0 amide bonds. The van der Waals surface area contributed by atoms with E-state index in [0.29, 0.717) is 12.2 Å². The Labute approximate surface area is 91.2 Å². The van der Waals surface area contributed by atoms with Crippen LogP contribution in [-0.2, 0) is 16.1 Å². The average Bonchev–Trinajstić information content (AvgIpc) is 2.96. The van der Waals surface area contributed by atoms with E-state index < -0.39 is 0 Å². The minimum absolute atomic E-state index is 0.485. The molecule has 0 aromatic heterocycles. The van der Waals surface area contributed by atoms with E-state index in [1.807, 2.05) is 18.2 Å². The Hall–Kier alpha value is -0.860. The van der Waals surface area contributed by atoms with Crippen molar-refractivity contribution in [3.63, 3.8) is 0 Å². The van der Waals surface area contributed by atoms with Crippen molar-refractivity contribution < 1.29 is 9.47 Å². The molecule has 0 spiro atoms. The van der Waals surface area contributed by atoms with Crippen molar-refractivity contribution in [3.8, 4) is 0 Å². The highest BCUT2D eigenvalue weighted by atomic mass is 16.6. The van der Waals surface area contributed by atoms with Gasteiger partial charge in [-0.2, -0.15) is 0 Å². The smallest absolute Gasteiger partial charge is 0.0839 e. The number of rotatable bonds is 6. The fraction of sp³-hybridized carbons (Fsp3) is 0.538. The van der Waals surface area contributed by atoms with Crippen LogP contribution < -0.4 is 0 Å². The highest BCUT2D eigenvalue weighted by Gasteiger charge is 2.32. The molecule has 2 rings (SSSR count). The summed E-state index contributed by atoms with van der Waals surface area (Å²) in [5, 5.41) is 0. The first-order valence-electron chi connectivity index (χ1n) is 5.63. The summed E-state index contributed by atoms with van der Waals surface area (Å²) >= 11 is 0. The zero-order chi connectivity index (χ0) is 10.5. The molecule has 1 aromatic carbocycles. The third kappa shape index (κ3) is 3.65. The molecule has 2 nitrogen and oxygen atoms in total. The fourth-order valence-corrected chi connectivity index (χ4v) is 1.68. The topological polar surface area (TPSA) is 21.8 Å². The molecule has 0 saturated carbocycles. The fourth-order valence-electron chi connectivity index (χ4n) is 1.68. The molecule has 0 radical (unpaired) electrons. The van der Waals surface area contributed by atoms with Gasteiger partial charge in [-0.15, -0.1) is 0 Å². The van der Waals surface area contributed by atoms with Crippen LogP contribution in [0.15, 0.2) is 30.3 Å². The molecular formula is C13H18O2. The van der Waals surface area contributed by atoms with Crippen LogP contribution >= 0.6 is 0 Å². The third-order valence-corrected chi connectivity index (χ3v) is 2.73. The second-order valence-corrected chi connectivity index (χ2v) is 4.06. The molecule has 1 fully saturated rings. The molecular weight excluding hydrogens is 188 g/mol. The zero-order valence-electron chi connectivity index (χ0n) is 9.19. The van der Waals surface area contributed by atoms with Crippen molar-refractivity contribution in [1.82, 2.24) is 0 Å². The Morgan fingerprint density at radius 1 is 1.27 bits per heavy atom. The second kappa shape index (κ2) is 5.29. The molecule has 15 heavy (non-hydrogen) atoms. The molecule has 1 heterocycles. The molecule has 0 N–H and O–H groups in total. The highest BCUT2D eigenvalue weighted by Crippen LogP contribution is 2.25. The summed E-state index contributed by atoms with van der Waals surface area (Å²) in [6.45, 7) is 3.68. The lowest BCUT2D eigenvalue weighted by Crippen LogP contribution is -1.98. The standard InChI is InChI=1S/C13H18O2/c1-11-13(15-11)8-5-9-14-10-12-6-3-2-4-7-12/h2-4,6-7,11,13H,5,8-10H2,1H3. The lowest BCUT2D eigenvalue weighted by molar-refractivity contribution is 0.115. The Balaban J connectivity index is 1.52. The van der Waals surface area contributed by atoms with Gasteiger partial charge >= 0.3 is 0 Å². The largest absolute Gasteiger partial charge is 0.377 e. The summed E-state index contributed by atoms with van der Waals surface area (Å²) in [6.07, 6.45) is 3.22. The van der Waals surface area contributed by atoms with Gasteiger partial charge in [0.2, 0.25) is 0 Å². The van der Waals surface area contributed by atoms with Crippen LogP contribution in [0.1, 0.15) is 25.3 Å². The summed E-state index contributed by atoms with van der Waals surface area (Å²) in [4.78, 5) is 0. The maximum Gasteiger partial charge on any atom is 0.0839 e. The summed E-state index contributed by atoms with van der Waals surface area (Å²) in [7, 11) is 0. The molecule has 1 aliphatic heterocycles. The second-order valence-electron chi connectivity index (χ2n) is 4.06. The molecule has 1 saturated heterocycles.